The molecule has 0 bridgehead atoms. The van der Waals surface area contributed by atoms with Crippen LogP contribution in [-0.4, -0.2) is 23.6 Å². The number of hydrogen-bond acceptors (Lipinski definition) is 4. The zero-order chi connectivity index (χ0) is 14.1. The summed E-state index contributed by atoms with van der Waals surface area (Å²) in [6.07, 6.45) is 3.86. The summed E-state index contributed by atoms with van der Waals surface area (Å²) < 4.78 is 5.82. The van der Waals surface area contributed by atoms with Crippen LogP contribution in [0.25, 0.3) is 11.1 Å². The number of ether oxygens (including phenoxy) is 1. The number of benzene rings is 1. The molecule has 1 aromatic heterocycles. The van der Waals surface area contributed by atoms with Crippen LogP contribution in [0.4, 0.5) is 0 Å². The lowest BCUT2D eigenvalue weighted by Crippen LogP contribution is -2.28. The Kier molecular flexibility index (Phi) is 3.51. The van der Waals surface area contributed by atoms with Gasteiger partial charge in [0, 0.05) is 18.0 Å². The highest BCUT2D eigenvalue weighted by Gasteiger charge is 2.24. The Morgan fingerprint density at radius 1 is 1.15 bits per heavy atom. The zero-order valence-electron chi connectivity index (χ0n) is 12.1. The third kappa shape index (κ3) is 2.32. The minimum atomic E-state index is 0.126. The van der Waals surface area contributed by atoms with E-state index in [1.165, 1.54) is 11.1 Å². The number of rotatable bonds is 2. The van der Waals surface area contributed by atoms with Gasteiger partial charge in [-0.1, -0.05) is 12.1 Å². The van der Waals surface area contributed by atoms with Crippen LogP contribution < -0.4 is 5.32 Å². The lowest BCUT2D eigenvalue weighted by Gasteiger charge is -2.30. The van der Waals surface area contributed by atoms with Crippen LogP contribution in [-0.2, 0) is 4.74 Å². The summed E-state index contributed by atoms with van der Waals surface area (Å²) in [6.45, 7) is 4.71. The number of aryl methyl sites for hydroxylation is 1. The molecule has 1 aromatic carbocycles. The van der Waals surface area contributed by atoms with Crippen molar-refractivity contribution in [1.82, 2.24) is 15.3 Å². The molecule has 1 N–H and O–H groups in total. The van der Waals surface area contributed by atoms with Crippen molar-refractivity contribution in [3.8, 4) is 11.1 Å². The van der Waals surface area contributed by atoms with Crippen molar-refractivity contribution in [2.75, 3.05) is 13.7 Å². The molecule has 0 amide bonds. The van der Waals surface area contributed by atoms with Crippen molar-refractivity contribution < 1.29 is 4.74 Å². The summed E-state index contributed by atoms with van der Waals surface area (Å²) in [5.41, 5.74) is 4.74. The Hall–Kier alpha value is -1.78. The van der Waals surface area contributed by atoms with Gasteiger partial charge in [0.2, 0.25) is 0 Å². The second-order valence-corrected chi connectivity index (χ2v) is 5.18. The van der Waals surface area contributed by atoms with Crippen LogP contribution in [0.1, 0.15) is 36.0 Å². The molecule has 0 saturated carbocycles. The van der Waals surface area contributed by atoms with E-state index >= 15 is 0 Å². The quantitative estimate of drug-likeness (QED) is 0.910. The topological polar surface area (TPSA) is 47.0 Å². The van der Waals surface area contributed by atoms with Crippen LogP contribution in [0, 0.1) is 6.92 Å². The molecular formula is C16H19N3O. The van der Waals surface area contributed by atoms with Crippen molar-refractivity contribution in [3.63, 3.8) is 0 Å². The number of nitrogens with one attached hydrogen (secondary N) is 1. The van der Waals surface area contributed by atoms with Gasteiger partial charge in [0.05, 0.1) is 18.8 Å². The Morgan fingerprint density at radius 3 is 2.60 bits per heavy atom. The smallest absolute Gasteiger partial charge is 0.125 e. The van der Waals surface area contributed by atoms with Gasteiger partial charge in [-0.05, 0) is 43.7 Å². The number of likely N-dealkylation sites (N-methyl/N-ethyl adjacent to an activating group) is 1. The number of nitrogens with zero attached hydrogens (tertiary/aromatic N) is 2. The molecule has 4 nitrogen and oxygen atoms in total. The molecule has 1 unspecified atom stereocenters. The number of fused-ring (bicyclic) bond motifs is 1. The monoisotopic (exact) mass is 269 g/mol. The summed E-state index contributed by atoms with van der Waals surface area (Å²) in [4.78, 5) is 8.53. The van der Waals surface area contributed by atoms with Crippen molar-refractivity contribution in [2.24, 2.45) is 0 Å². The molecule has 1 aliphatic rings. The lowest BCUT2D eigenvalue weighted by atomic mass is 9.91. The van der Waals surface area contributed by atoms with E-state index in [9.17, 15) is 0 Å². The van der Waals surface area contributed by atoms with Gasteiger partial charge in [0.15, 0.2) is 0 Å². The van der Waals surface area contributed by atoms with E-state index in [0.717, 1.165) is 23.6 Å². The average molecular weight is 269 g/mol. The minimum absolute atomic E-state index is 0.126. The van der Waals surface area contributed by atoms with Gasteiger partial charge >= 0.3 is 0 Å². The van der Waals surface area contributed by atoms with Crippen molar-refractivity contribution in [2.45, 2.75) is 26.0 Å². The summed E-state index contributed by atoms with van der Waals surface area (Å²) in [5, 5.41) is 3.30. The third-order valence-electron chi connectivity index (χ3n) is 3.88. The fraction of sp³-hybridized carbons (Fsp3) is 0.375. The first-order valence-corrected chi connectivity index (χ1v) is 6.90. The standard InChI is InChI=1S/C16H19N3O/c1-10-15-6-12(13-7-18-11(2)19-8-13)4-5-14(15)16(17-3)9-20-10/h4-8,10,16-17H,9H2,1-3H3/t10?,16-/m1/s1. The van der Waals surface area contributed by atoms with Gasteiger partial charge in [-0.25, -0.2) is 9.97 Å². The van der Waals surface area contributed by atoms with E-state index in [2.05, 4.69) is 40.4 Å². The molecule has 104 valence electrons. The molecular weight excluding hydrogens is 250 g/mol. The third-order valence-corrected chi connectivity index (χ3v) is 3.88. The minimum Gasteiger partial charge on any atom is -0.372 e. The maximum Gasteiger partial charge on any atom is 0.125 e. The molecule has 2 aromatic rings. The van der Waals surface area contributed by atoms with Crippen LogP contribution in [0.3, 0.4) is 0 Å². The van der Waals surface area contributed by atoms with E-state index in [-0.39, 0.29) is 12.1 Å². The Balaban J connectivity index is 2.03. The van der Waals surface area contributed by atoms with E-state index in [4.69, 9.17) is 4.74 Å². The normalized spacial score (nSPS) is 21.6. The molecule has 2 heterocycles. The predicted octanol–water partition coefficient (Wildman–Crippen LogP) is 2.80. The highest BCUT2D eigenvalue weighted by molar-refractivity contribution is 5.63. The molecule has 0 fully saturated rings. The molecule has 1 aliphatic heterocycles. The average Bonchev–Trinajstić information content (AvgIpc) is 2.48. The van der Waals surface area contributed by atoms with Gasteiger partial charge in [-0.15, -0.1) is 0 Å². The summed E-state index contributed by atoms with van der Waals surface area (Å²) in [5.74, 6) is 0.790. The van der Waals surface area contributed by atoms with Crippen LogP contribution in [0.2, 0.25) is 0 Å². The maximum absolute atomic E-state index is 5.82. The van der Waals surface area contributed by atoms with Crippen molar-refractivity contribution in [3.05, 3.63) is 47.5 Å². The fourth-order valence-electron chi connectivity index (χ4n) is 2.62. The molecule has 3 rings (SSSR count). The Bertz CT molecular complexity index is 610. The molecule has 0 spiro atoms. The van der Waals surface area contributed by atoms with Gasteiger partial charge in [-0.2, -0.15) is 0 Å². The first-order valence-electron chi connectivity index (χ1n) is 6.90. The Morgan fingerprint density at radius 2 is 1.90 bits per heavy atom. The summed E-state index contributed by atoms with van der Waals surface area (Å²) >= 11 is 0. The molecule has 0 radical (unpaired) electrons. The highest BCUT2D eigenvalue weighted by Crippen LogP contribution is 2.34. The molecule has 2 atom stereocenters. The van der Waals surface area contributed by atoms with Gasteiger partial charge in [-0.3, -0.25) is 0 Å². The second-order valence-electron chi connectivity index (χ2n) is 5.18. The highest BCUT2D eigenvalue weighted by atomic mass is 16.5. The van der Waals surface area contributed by atoms with Crippen LogP contribution in [0.15, 0.2) is 30.6 Å². The molecule has 20 heavy (non-hydrogen) atoms. The number of aromatic nitrogens is 2. The predicted molar refractivity (Wildman–Crippen MR) is 78.4 cm³/mol. The van der Waals surface area contributed by atoms with E-state index in [1.807, 2.05) is 26.4 Å². The van der Waals surface area contributed by atoms with Gasteiger partial charge in [0.1, 0.15) is 5.82 Å². The molecule has 0 saturated heterocycles. The maximum atomic E-state index is 5.82. The fourth-order valence-corrected chi connectivity index (χ4v) is 2.62. The van der Waals surface area contributed by atoms with Gasteiger partial charge < -0.3 is 10.1 Å². The summed E-state index contributed by atoms with van der Waals surface area (Å²) in [6, 6.07) is 6.78. The molecule has 4 heteroatoms. The number of hydrogen-bond donors (Lipinski definition) is 1. The van der Waals surface area contributed by atoms with Crippen LogP contribution in [0.5, 0.6) is 0 Å². The van der Waals surface area contributed by atoms with Crippen LogP contribution >= 0.6 is 0 Å². The van der Waals surface area contributed by atoms with E-state index in [1.54, 1.807) is 0 Å². The van der Waals surface area contributed by atoms with Crippen molar-refractivity contribution >= 4 is 0 Å². The first kappa shape index (κ1) is 13.2. The molecule has 0 aliphatic carbocycles. The second kappa shape index (κ2) is 5.31. The Labute approximate surface area is 119 Å². The van der Waals surface area contributed by atoms with Gasteiger partial charge in [0.25, 0.3) is 0 Å². The van der Waals surface area contributed by atoms with E-state index < -0.39 is 0 Å². The SMILES string of the molecule is CN[C@@H]1COC(C)c2cc(-c3cnc(C)nc3)ccc21. The largest absolute Gasteiger partial charge is 0.372 e. The van der Waals surface area contributed by atoms with E-state index in [0.29, 0.717) is 0 Å². The van der Waals surface area contributed by atoms with Crippen molar-refractivity contribution in [1.29, 1.82) is 0 Å². The summed E-state index contributed by atoms with van der Waals surface area (Å²) in [7, 11) is 1.97. The lowest BCUT2D eigenvalue weighted by molar-refractivity contribution is 0.0347. The first-order chi connectivity index (χ1) is 9.69. The zero-order valence-corrected chi connectivity index (χ0v) is 12.1.